The van der Waals surface area contributed by atoms with Crippen molar-refractivity contribution in [1.29, 1.82) is 0 Å². The van der Waals surface area contributed by atoms with Gasteiger partial charge in [0.2, 0.25) is 0 Å². The molecule has 1 unspecified atom stereocenters. The maximum absolute atomic E-state index is 11.9. The van der Waals surface area contributed by atoms with Gasteiger partial charge in [0.15, 0.2) is 5.60 Å². The highest BCUT2D eigenvalue weighted by atomic mass is 16.7. The van der Waals surface area contributed by atoms with Crippen LogP contribution < -0.4 is 0 Å². The van der Waals surface area contributed by atoms with Crippen LogP contribution in [0, 0.1) is 41.4 Å². The van der Waals surface area contributed by atoms with E-state index in [4.69, 9.17) is 16.0 Å². The van der Waals surface area contributed by atoms with Crippen LogP contribution in [-0.2, 0) is 19.2 Å². The molecule has 0 saturated heterocycles. The fourth-order valence-corrected chi connectivity index (χ4v) is 7.62. The number of carbonyl (C=O) groups excluding carboxylic acids is 2. The van der Waals surface area contributed by atoms with Crippen LogP contribution in [0.15, 0.2) is 16.8 Å². The Balaban J connectivity index is 1.44. The first-order valence-corrected chi connectivity index (χ1v) is 13.0. The van der Waals surface area contributed by atoms with E-state index >= 15 is 0 Å². The summed E-state index contributed by atoms with van der Waals surface area (Å²) >= 11 is 0. The zero-order valence-corrected chi connectivity index (χ0v) is 20.5. The molecule has 180 valence electrons. The van der Waals surface area contributed by atoms with Gasteiger partial charge < -0.3 is 9.57 Å². The predicted octanol–water partition coefficient (Wildman–Crippen LogP) is 5.97. The highest BCUT2D eigenvalue weighted by Crippen LogP contribution is 2.65. The number of oxime groups is 1. The Kier molecular flexibility index (Phi) is 7.03. The Morgan fingerprint density at radius 1 is 1.15 bits per heavy atom. The fourth-order valence-electron chi connectivity index (χ4n) is 7.62. The molecular weight excluding hydrogens is 414 g/mol. The van der Waals surface area contributed by atoms with Gasteiger partial charge in [-0.2, -0.15) is 0 Å². The molecule has 33 heavy (non-hydrogen) atoms. The smallest absolute Gasteiger partial charge is 0.335 e. The molecular formula is C28H39NO4. The summed E-state index contributed by atoms with van der Waals surface area (Å²) in [4.78, 5) is 29.0. The van der Waals surface area contributed by atoms with Crippen LogP contribution in [0.4, 0.5) is 0 Å². The van der Waals surface area contributed by atoms with Crippen LogP contribution in [0.1, 0.15) is 97.8 Å². The number of allylic oxidation sites excluding steroid dienone is 2. The van der Waals surface area contributed by atoms with Gasteiger partial charge in [-0.05, 0) is 87.5 Å². The lowest BCUT2D eigenvalue weighted by molar-refractivity contribution is -0.167. The van der Waals surface area contributed by atoms with E-state index in [-0.39, 0.29) is 17.4 Å². The van der Waals surface area contributed by atoms with E-state index in [1.165, 1.54) is 12.5 Å². The predicted molar refractivity (Wildman–Crippen MR) is 128 cm³/mol. The molecule has 0 bridgehead atoms. The van der Waals surface area contributed by atoms with Gasteiger partial charge in [-0.3, -0.25) is 4.79 Å². The third-order valence-electron chi connectivity index (χ3n) is 9.24. The lowest BCUT2D eigenvalue weighted by Crippen LogP contribution is -2.53. The molecule has 3 saturated carbocycles. The summed E-state index contributed by atoms with van der Waals surface area (Å²) < 4.78 is 5.85. The molecule has 3 fully saturated rings. The number of terminal acetylenes is 1. The van der Waals surface area contributed by atoms with E-state index < -0.39 is 5.60 Å². The van der Waals surface area contributed by atoms with E-state index in [0.29, 0.717) is 30.1 Å². The number of rotatable bonds is 6. The molecule has 5 nitrogen and oxygen atoms in total. The lowest BCUT2D eigenvalue weighted by atomic mass is 9.50. The van der Waals surface area contributed by atoms with Crippen molar-refractivity contribution in [2.45, 2.75) is 103 Å². The molecule has 0 amide bonds. The van der Waals surface area contributed by atoms with Gasteiger partial charge in [0.05, 0.1) is 5.71 Å². The van der Waals surface area contributed by atoms with E-state index in [9.17, 15) is 9.59 Å². The van der Waals surface area contributed by atoms with Crippen LogP contribution in [-0.4, -0.2) is 23.3 Å². The standard InChI is InChI=1S/C28H39NO4/c1-5-7-8-9-26(31)33-29-21-11-13-22-20(18-21)10-12-24-23(22)14-16-27(4)25(24)15-17-28(27,6-2)32-19(3)30/h2,18,22-25H,5,7-17H2,1,3-4H3/b29-21-/t22-,23+,24+,25-,27-,28?/m0/s1. The monoisotopic (exact) mass is 453 g/mol. The minimum Gasteiger partial charge on any atom is -0.445 e. The van der Waals surface area contributed by atoms with E-state index in [0.717, 1.165) is 76.3 Å². The Labute approximate surface area is 198 Å². The van der Waals surface area contributed by atoms with Crippen molar-refractivity contribution >= 4 is 17.7 Å². The third kappa shape index (κ3) is 4.38. The van der Waals surface area contributed by atoms with Gasteiger partial charge in [-0.25, -0.2) is 4.79 Å². The van der Waals surface area contributed by atoms with Crippen LogP contribution >= 0.6 is 0 Å². The number of nitrogens with zero attached hydrogens (tertiary/aromatic N) is 1. The summed E-state index contributed by atoms with van der Waals surface area (Å²) in [6.07, 6.45) is 19.8. The average molecular weight is 454 g/mol. The quantitative estimate of drug-likeness (QED) is 0.163. The molecule has 0 aromatic heterocycles. The largest absolute Gasteiger partial charge is 0.445 e. The van der Waals surface area contributed by atoms with Crippen molar-refractivity contribution in [3.63, 3.8) is 0 Å². The van der Waals surface area contributed by atoms with E-state index in [1.54, 1.807) is 0 Å². The molecule has 4 aliphatic carbocycles. The van der Waals surface area contributed by atoms with Crippen LogP contribution in [0.3, 0.4) is 0 Å². The second kappa shape index (κ2) is 9.65. The van der Waals surface area contributed by atoms with Crippen molar-refractivity contribution in [2.24, 2.45) is 34.2 Å². The van der Waals surface area contributed by atoms with E-state index in [1.807, 2.05) is 0 Å². The molecule has 0 spiro atoms. The summed E-state index contributed by atoms with van der Waals surface area (Å²) in [5, 5.41) is 4.20. The maximum atomic E-state index is 11.9. The van der Waals surface area contributed by atoms with Crippen molar-refractivity contribution < 1.29 is 19.2 Å². The molecule has 6 atom stereocenters. The maximum Gasteiger partial charge on any atom is 0.335 e. The lowest BCUT2D eigenvalue weighted by Gasteiger charge is -2.55. The topological polar surface area (TPSA) is 65.0 Å². The number of carbonyl (C=O) groups is 2. The Bertz CT molecular complexity index is 883. The van der Waals surface area contributed by atoms with Crippen LogP contribution in [0.25, 0.3) is 0 Å². The molecule has 0 aromatic rings. The number of hydrogen-bond donors (Lipinski definition) is 0. The molecule has 0 N–H and O–H groups in total. The molecule has 0 aromatic carbocycles. The van der Waals surface area contributed by atoms with Gasteiger partial charge in [-0.15, -0.1) is 6.42 Å². The number of unbranched alkanes of at least 4 members (excludes halogenated alkanes) is 2. The number of fused-ring (bicyclic) bond motifs is 5. The van der Waals surface area contributed by atoms with Crippen molar-refractivity contribution in [2.75, 3.05) is 0 Å². The Hall–Kier alpha value is -2.09. The summed E-state index contributed by atoms with van der Waals surface area (Å²) in [5.74, 6) is 4.82. The number of esters is 1. The van der Waals surface area contributed by atoms with Gasteiger partial charge in [0.25, 0.3) is 0 Å². The minimum absolute atomic E-state index is 0.136. The van der Waals surface area contributed by atoms with Crippen LogP contribution in [0.2, 0.25) is 0 Å². The van der Waals surface area contributed by atoms with Gasteiger partial charge >= 0.3 is 11.9 Å². The molecule has 4 aliphatic rings. The molecule has 0 aliphatic heterocycles. The Morgan fingerprint density at radius 2 is 1.97 bits per heavy atom. The molecule has 4 rings (SSSR count). The summed E-state index contributed by atoms with van der Waals surface area (Å²) in [7, 11) is 0. The summed E-state index contributed by atoms with van der Waals surface area (Å²) in [6, 6.07) is 0. The first-order valence-electron chi connectivity index (χ1n) is 13.0. The third-order valence-corrected chi connectivity index (χ3v) is 9.24. The van der Waals surface area contributed by atoms with Crippen molar-refractivity contribution in [3.8, 4) is 12.3 Å². The summed E-state index contributed by atoms with van der Waals surface area (Å²) in [6.45, 7) is 5.87. The Morgan fingerprint density at radius 3 is 2.70 bits per heavy atom. The van der Waals surface area contributed by atoms with Gasteiger partial charge in [-0.1, -0.05) is 43.3 Å². The van der Waals surface area contributed by atoms with Gasteiger partial charge in [0.1, 0.15) is 0 Å². The first kappa shape index (κ1) is 24.0. The number of hydrogen-bond acceptors (Lipinski definition) is 5. The highest BCUT2D eigenvalue weighted by Gasteiger charge is 2.64. The molecule has 5 heteroatoms. The number of ether oxygens (including phenoxy) is 1. The first-order chi connectivity index (χ1) is 15.8. The zero-order chi connectivity index (χ0) is 23.6. The summed E-state index contributed by atoms with van der Waals surface area (Å²) in [5.41, 5.74) is 1.50. The zero-order valence-electron chi connectivity index (χ0n) is 20.5. The SMILES string of the molecule is C#CC1(OC(C)=O)CC[C@H]2[C@@H]3CCC4=C/C(=N\OC(=O)CCCCC)CC[C@@H]4[C@H]3CC[C@@]21C. The van der Waals surface area contributed by atoms with Crippen molar-refractivity contribution in [1.82, 2.24) is 0 Å². The second-order valence-electron chi connectivity index (χ2n) is 10.9. The highest BCUT2D eigenvalue weighted by molar-refractivity contribution is 5.96. The van der Waals surface area contributed by atoms with Gasteiger partial charge in [0, 0.05) is 18.8 Å². The second-order valence-corrected chi connectivity index (χ2v) is 10.9. The fraction of sp³-hybridized carbons (Fsp3) is 0.750. The van der Waals surface area contributed by atoms with Crippen LogP contribution in [0.5, 0.6) is 0 Å². The average Bonchev–Trinajstić information content (AvgIpc) is 3.09. The molecule has 0 radical (unpaired) electrons. The normalized spacial score (nSPS) is 38.4. The van der Waals surface area contributed by atoms with E-state index in [2.05, 4.69) is 31.0 Å². The molecule has 0 heterocycles. The minimum atomic E-state index is -0.752. The van der Waals surface area contributed by atoms with Crippen molar-refractivity contribution in [3.05, 3.63) is 11.6 Å².